The highest BCUT2D eigenvalue weighted by Crippen LogP contribution is 2.65. The number of rotatable bonds is 2. The zero-order chi connectivity index (χ0) is 13.1. The summed E-state index contributed by atoms with van der Waals surface area (Å²) in [7, 11) is 0. The first-order valence-corrected chi connectivity index (χ1v) is 8.09. The van der Waals surface area contributed by atoms with Gasteiger partial charge >= 0.3 is 0 Å². The topological polar surface area (TPSA) is 26.0 Å². The number of nitrogen functional groups attached to an aromatic ring is 1. The highest BCUT2D eigenvalue weighted by atomic mass is 35.5. The first-order chi connectivity index (χ1) is 9.13. The van der Waals surface area contributed by atoms with Crippen LogP contribution in [0.3, 0.4) is 0 Å². The lowest BCUT2D eigenvalue weighted by molar-refractivity contribution is -0.0595. The molecule has 4 fully saturated rings. The fourth-order valence-electron chi connectivity index (χ4n) is 5.78. The zero-order valence-electron chi connectivity index (χ0n) is 11.4. The number of benzene rings is 1. The number of alkyl halides is 1. The smallest absolute Gasteiger partial charge is 0.0314 e. The highest BCUT2D eigenvalue weighted by Gasteiger charge is 2.57. The summed E-state index contributed by atoms with van der Waals surface area (Å²) in [6.07, 6.45) is 8.28. The van der Waals surface area contributed by atoms with E-state index in [1.54, 1.807) is 0 Å². The summed E-state index contributed by atoms with van der Waals surface area (Å²) < 4.78 is 0. The van der Waals surface area contributed by atoms with Crippen LogP contribution in [0.4, 0.5) is 5.69 Å². The summed E-state index contributed by atoms with van der Waals surface area (Å²) in [5.41, 5.74) is 9.09. The molecule has 0 saturated heterocycles. The fraction of sp³-hybridized carbons (Fsp3) is 0.647. The predicted octanol–water partition coefficient (Wildman–Crippen LogP) is 4.35. The average Bonchev–Trinajstić information content (AvgIpc) is 2.38. The molecule has 2 unspecified atom stereocenters. The molecular weight excluding hydrogens is 254 g/mol. The van der Waals surface area contributed by atoms with Crippen molar-refractivity contribution in [1.29, 1.82) is 0 Å². The first-order valence-electron chi connectivity index (χ1n) is 7.55. The van der Waals surface area contributed by atoms with Gasteiger partial charge in [-0.05, 0) is 78.9 Å². The molecule has 1 aromatic carbocycles. The van der Waals surface area contributed by atoms with Crippen LogP contribution < -0.4 is 5.73 Å². The van der Waals surface area contributed by atoms with E-state index in [0.717, 1.165) is 23.4 Å². The van der Waals surface area contributed by atoms with Gasteiger partial charge in [0, 0.05) is 11.6 Å². The summed E-state index contributed by atoms with van der Waals surface area (Å²) in [5.74, 6) is 2.69. The van der Waals surface area contributed by atoms with Gasteiger partial charge in [0.25, 0.3) is 0 Å². The molecule has 4 aliphatic rings. The van der Waals surface area contributed by atoms with Crippen LogP contribution in [0.5, 0.6) is 0 Å². The van der Waals surface area contributed by atoms with Crippen molar-refractivity contribution in [2.45, 2.75) is 43.9 Å². The van der Waals surface area contributed by atoms with Crippen molar-refractivity contribution in [2.75, 3.05) is 11.6 Å². The lowest BCUT2D eigenvalue weighted by atomic mass is 9.43. The summed E-state index contributed by atoms with van der Waals surface area (Å²) in [4.78, 5) is 0. The van der Waals surface area contributed by atoms with Crippen LogP contribution in [0.25, 0.3) is 0 Å². The fourth-order valence-corrected chi connectivity index (χ4v) is 6.10. The maximum atomic E-state index is 6.38. The Morgan fingerprint density at radius 1 is 1.05 bits per heavy atom. The number of hydrogen-bond acceptors (Lipinski definition) is 1. The second kappa shape index (κ2) is 3.91. The Bertz CT molecular complexity index is 478. The predicted molar refractivity (Wildman–Crippen MR) is 80.4 cm³/mol. The average molecular weight is 276 g/mol. The summed E-state index contributed by atoms with van der Waals surface area (Å²) >= 11 is 6.38. The van der Waals surface area contributed by atoms with Crippen molar-refractivity contribution in [3.63, 3.8) is 0 Å². The van der Waals surface area contributed by atoms with E-state index in [1.807, 2.05) is 0 Å². The Morgan fingerprint density at radius 2 is 1.68 bits per heavy atom. The van der Waals surface area contributed by atoms with Crippen LogP contribution in [0.15, 0.2) is 24.3 Å². The van der Waals surface area contributed by atoms with Gasteiger partial charge in [0.2, 0.25) is 0 Å². The van der Waals surface area contributed by atoms with Gasteiger partial charge < -0.3 is 5.73 Å². The van der Waals surface area contributed by atoms with E-state index >= 15 is 0 Å². The van der Waals surface area contributed by atoms with Crippen LogP contribution in [0, 0.1) is 17.3 Å². The Balaban J connectivity index is 1.76. The van der Waals surface area contributed by atoms with E-state index in [-0.39, 0.29) is 0 Å². The molecule has 0 aromatic heterocycles. The van der Waals surface area contributed by atoms with E-state index in [2.05, 4.69) is 24.3 Å². The van der Waals surface area contributed by atoms with E-state index in [0.29, 0.717) is 10.8 Å². The van der Waals surface area contributed by atoms with Crippen molar-refractivity contribution in [2.24, 2.45) is 17.3 Å². The molecule has 2 N–H and O–H groups in total. The molecule has 0 spiro atoms. The number of halogens is 1. The van der Waals surface area contributed by atoms with Crippen LogP contribution in [-0.4, -0.2) is 5.88 Å². The first kappa shape index (κ1) is 12.1. The second-order valence-corrected chi connectivity index (χ2v) is 7.76. The quantitative estimate of drug-likeness (QED) is 0.630. The lowest BCUT2D eigenvalue weighted by Gasteiger charge is -2.62. The van der Waals surface area contributed by atoms with Gasteiger partial charge in [-0.25, -0.2) is 0 Å². The van der Waals surface area contributed by atoms with Crippen molar-refractivity contribution < 1.29 is 0 Å². The van der Waals surface area contributed by atoms with Gasteiger partial charge in [0.15, 0.2) is 0 Å². The van der Waals surface area contributed by atoms with E-state index < -0.39 is 0 Å². The minimum Gasteiger partial charge on any atom is -0.399 e. The SMILES string of the molecule is Nc1ccc(C23CC4CC(CC(CCl)(C4)C2)C3)cc1. The Morgan fingerprint density at radius 3 is 2.26 bits per heavy atom. The van der Waals surface area contributed by atoms with Crippen molar-refractivity contribution in [3.05, 3.63) is 29.8 Å². The molecule has 5 rings (SSSR count). The second-order valence-electron chi connectivity index (χ2n) is 7.50. The monoisotopic (exact) mass is 275 g/mol. The highest BCUT2D eigenvalue weighted by molar-refractivity contribution is 6.18. The Kier molecular flexibility index (Phi) is 2.49. The van der Waals surface area contributed by atoms with E-state index in [1.165, 1.54) is 44.1 Å². The molecule has 4 aliphatic carbocycles. The van der Waals surface area contributed by atoms with Gasteiger partial charge in [0.05, 0.1) is 0 Å². The largest absolute Gasteiger partial charge is 0.399 e. The molecule has 0 amide bonds. The summed E-state index contributed by atoms with van der Waals surface area (Å²) in [5, 5.41) is 0. The minimum absolute atomic E-state index is 0.409. The van der Waals surface area contributed by atoms with Gasteiger partial charge in [-0.3, -0.25) is 0 Å². The van der Waals surface area contributed by atoms with Crippen molar-refractivity contribution in [3.8, 4) is 0 Å². The number of hydrogen-bond donors (Lipinski definition) is 1. The van der Waals surface area contributed by atoms with Crippen LogP contribution >= 0.6 is 11.6 Å². The maximum Gasteiger partial charge on any atom is 0.0314 e. The molecule has 19 heavy (non-hydrogen) atoms. The van der Waals surface area contributed by atoms with Gasteiger partial charge in [0.1, 0.15) is 0 Å². The molecule has 4 saturated carbocycles. The molecule has 102 valence electrons. The Labute approximate surface area is 120 Å². The Hall–Kier alpha value is -0.690. The minimum atomic E-state index is 0.409. The standard InChI is InChI=1S/C17H22ClN/c18-11-16-6-12-5-13(7-16)9-17(8-12,10-16)14-1-3-15(19)4-2-14/h1-4,12-13H,5-11,19H2. The molecule has 0 aliphatic heterocycles. The van der Waals surface area contributed by atoms with Crippen molar-refractivity contribution in [1.82, 2.24) is 0 Å². The number of anilines is 1. The van der Waals surface area contributed by atoms with E-state index in [4.69, 9.17) is 17.3 Å². The number of nitrogens with two attached hydrogens (primary N) is 1. The lowest BCUT2D eigenvalue weighted by Crippen LogP contribution is -2.54. The summed E-state index contributed by atoms with van der Waals surface area (Å²) in [6, 6.07) is 8.68. The zero-order valence-corrected chi connectivity index (χ0v) is 12.1. The molecule has 2 atom stereocenters. The molecule has 1 aromatic rings. The third kappa shape index (κ3) is 1.74. The normalized spacial score (nSPS) is 43.6. The van der Waals surface area contributed by atoms with Crippen LogP contribution in [0.1, 0.15) is 44.1 Å². The summed E-state index contributed by atoms with van der Waals surface area (Å²) in [6.45, 7) is 0. The van der Waals surface area contributed by atoms with Gasteiger partial charge in [-0.2, -0.15) is 0 Å². The third-order valence-corrected chi connectivity index (χ3v) is 6.56. The van der Waals surface area contributed by atoms with Crippen LogP contribution in [0.2, 0.25) is 0 Å². The molecule has 1 nitrogen and oxygen atoms in total. The molecule has 4 bridgehead atoms. The van der Waals surface area contributed by atoms with Gasteiger partial charge in [-0.15, -0.1) is 11.6 Å². The van der Waals surface area contributed by atoms with Crippen LogP contribution in [-0.2, 0) is 5.41 Å². The van der Waals surface area contributed by atoms with Crippen molar-refractivity contribution >= 4 is 17.3 Å². The molecule has 2 heteroatoms. The molecule has 0 heterocycles. The van der Waals surface area contributed by atoms with E-state index in [9.17, 15) is 0 Å². The van der Waals surface area contributed by atoms with Gasteiger partial charge in [-0.1, -0.05) is 12.1 Å². The molecule has 0 radical (unpaired) electrons. The molecular formula is C17H22ClN. The maximum absolute atomic E-state index is 6.38. The third-order valence-electron chi connectivity index (χ3n) is 5.99.